The molecule has 0 aromatic rings. The van der Waals surface area contributed by atoms with E-state index in [0.717, 1.165) is 44.6 Å². The Balaban J connectivity index is 0.00000312. The lowest BCUT2D eigenvalue weighted by Crippen LogP contribution is -2.55. The van der Waals surface area contributed by atoms with Crippen LogP contribution in [0.2, 0.25) is 0 Å². The second-order valence-corrected chi connectivity index (χ2v) is 7.65. The Morgan fingerprint density at radius 2 is 1.80 bits per heavy atom. The van der Waals surface area contributed by atoms with E-state index in [4.69, 9.17) is 0 Å². The van der Waals surface area contributed by atoms with Crippen LogP contribution in [0.4, 0.5) is 0 Å². The lowest BCUT2D eigenvalue weighted by Gasteiger charge is -2.37. The first-order chi connectivity index (χ1) is 11.6. The smallest absolute Gasteiger partial charge is 0.191 e. The molecule has 0 aromatic heterocycles. The van der Waals surface area contributed by atoms with Crippen molar-refractivity contribution in [2.75, 3.05) is 73.5 Å². The van der Waals surface area contributed by atoms with Crippen LogP contribution in [0.5, 0.6) is 0 Å². The number of piperazine rings is 1. The van der Waals surface area contributed by atoms with Crippen LogP contribution in [0.25, 0.3) is 0 Å². The van der Waals surface area contributed by atoms with Gasteiger partial charge in [0, 0.05) is 45.8 Å². The minimum Gasteiger partial charge on any atom is -0.356 e. The van der Waals surface area contributed by atoms with E-state index in [1.165, 1.54) is 38.9 Å². The van der Waals surface area contributed by atoms with Gasteiger partial charge in [-0.1, -0.05) is 6.92 Å². The molecule has 25 heavy (non-hydrogen) atoms. The van der Waals surface area contributed by atoms with Gasteiger partial charge in [-0.3, -0.25) is 9.89 Å². The maximum Gasteiger partial charge on any atom is 0.191 e. The molecule has 7 heteroatoms. The molecule has 148 valence electrons. The molecule has 6 nitrogen and oxygen atoms in total. The predicted octanol–water partition coefficient (Wildman–Crippen LogP) is 1.14. The van der Waals surface area contributed by atoms with Crippen molar-refractivity contribution in [3.63, 3.8) is 0 Å². The van der Waals surface area contributed by atoms with Gasteiger partial charge in [0.15, 0.2) is 5.96 Å². The van der Waals surface area contributed by atoms with Gasteiger partial charge < -0.3 is 20.4 Å². The average molecular weight is 466 g/mol. The summed E-state index contributed by atoms with van der Waals surface area (Å²) >= 11 is 0. The highest BCUT2D eigenvalue weighted by atomic mass is 127. The lowest BCUT2D eigenvalue weighted by atomic mass is 9.99. The third kappa shape index (κ3) is 8.41. The summed E-state index contributed by atoms with van der Waals surface area (Å²) in [6.07, 6.45) is 3.90. The van der Waals surface area contributed by atoms with Crippen molar-refractivity contribution in [3.8, 4) is 0 Å². The standard InChI is InChI=1S/C18H38N6.HI/c1-16-6-10-24(11-7-16)9-5-8-20-18(19-2)21-14-17-15-22(3)12-13-23(17)4;/h16-17H,5-15H2,1-4H3,(H2,19,20,21);1H. The van der Waals surface area contributed by atoms with Crippen LogP contribution >= 0.6 is 24.0 Å². The van der Waals surface area contributed by atoms with Gasteiger partial charge in [0.2, 0.25) is 0 Å². The number of piperidine rings is 1. The van der Waals surface area contributed by atoms with Crippen LogP contribution in [-0.2, 0) is 0 Å². The van der Waals surface area contributed by atoms with Gasteiger partial charge in [-0.25, -0.2) is 0 Å². The molecule has 2 rings (SSSR count). The first-order valence-electron chi connectivity index (χ1n) is 9.64. The Bertz CT molecular complexity index is 384. The molecule has 1 atom stereocenters. The van der Waals surface area contributed by atoms with Crippen LogP contribution in [0.3, 0.4) is 0 Å². The molecule has 0 radical (unpaired) electrons. The van der Waals surface area contributed by atoms with Crippen molar-refractivity contribution < 1.29 is 0 Å². The quantitative estimate of drug-likeness (QED) is 0.266. The summed E-state index contributed by atoms with van der Waals surface area (Å²) < 4.78 is 0. The van der Waals surface area contributed by atoms with E-state index in [0.29, 0.717) is 6.04 Å². The SMILES string of the molecule is CN=C(NCCCN1CCC(C)CC1)NCC1CN(C)CCN1C.I. The minimum atomic E-state index is 0. The van der Waals surface area contributed by atoms with Crippen LogP contribution < -0.4 is 10.6 Å². The Hall–Kier alpha value is -0.120. The molecule has 2 aliphatic heterocycles. The summed E-state index contributed by atoms with van der Waals surface area (Å²) in [7, 11) is 6.28. The van der Waals surface area contributed by atoms with Gasteiger partial charge in [-0.2, -0.15) is 0 Å². The maximum atomic E-state index is 4.36. The van der Waals surface area contributed by atoms with E-state index in [9.17, 15) is 0 Å². The van der Waals surface area contributed by atoms with Crippen LogP contribution in [0.1, 0.15) is 26.2 Å². The summed E-state index contributed by atoms with van der Waals surface area (Å²) in [6.45, 7) is 11.5. The first kappa shape index (κ1) is 22.9. The highest BCUT2D eigenvalue weighted by Gasteiger charge is 2.22. The van der Waals surface area contributed by atoms with Gasteiger partial charge in [0.25, 0.3) is 0 Å². The molecule has 2 heterocycles. The van der Waals surface area contributed by atoms with Gasteiger partial charge in [0.1, 0.15) is 0 Å². The van der Waals surface area contributed by atoms with E-state index < -0.39 is 0 Å². The number of hydrogen-bond acceptors (Lipinski definition) is 4. The molecule has 0 amide bonds. The van der Waals surface area contributed by atoms with Crippen LogP contribution in [0, 0.1) is 5.92 Å². The number of likely N-dealkylation sites (N-methyl/N-ethyl adjacent to an activating group) is 2. The number of likely N-dealkylation sites (tertiary alicyclic amines) is 1. The molecule has 0 aromatic carbocycles. The lowest BCUT2D eigenvalue weighted by molar-refractivity contribution is 0.116. The Kier molecular flexibility index (Phi) is 11.3. The summed E-state index contributed by atoms with van der Waals surface area (Å²) in [5, 5.41) is 6.95. The molecule has 2 saturated heterocycles. The zero-order chi connectivity index (χ0) is 17.4. The number of guanidine groups is 1. The van der Waals surface area contributed by atoms with Crippen LogP contribution in [-0.4, -0.2) is 100 Å². The Morgan fingerprint density at radius 1 is 1.08 bits per heavy atom. The third-order valence-electron chi connectivity index (χ3n) is 5.53. The van der Waals surface area contributed by atoms with Crippen molar-refractivity contribution in [1.29, 1.82) is 0 Å². The molecule has 0 aliphatic carbocycles. The molecule has 0 spiro atoms. The second-order valence-electron chi connectivity index (χ2n) is 7.65. The van der Waals surface area contributed by atoms with Crippen molar-refractivity contribution in [1.82, 2.24) is 25.3 Å². The van der Waals surface area contributed by atoms with Gasteiger partial charge >= 0.3 is 0 Å². The fourth-order valence-corrected chi connectivity index (χ4v) is 3.55. The molecule has 2 aliphatic rings. The fraction of sp³-hybridized carbons (Fsp3) is 0.944. The largest absolute Gasteiger partial charge is 0.356 e. The highest BCUT2D eigenvalue weighted by molar-refractivity contribution is 14.0. The average Bonchev–Trinajstić information content (AvgIpc) is 2.58. The molecule has 1 unspecified atom stereocenters. The monoisotopic (exact) mass is 466 g/mol. The van der Waals surface area contributed by atoms with E-state index in [2.05, 4.69) is 51.3 Å². The summed E-state index contributed by atoms with van der Waals surface area (Å²) in [6, 6.07) is 0.553. The van der Waals surface area contributed by atoms with Crippen LogP contribution in [0.15, 0.2) is 4.99 Å². The molecule has 2 fully saturated rings. The Labute approximate surface area is 171 Å². The number of halogens is 1. The zero-order valence-electron chi connectivity index (χ0n) is 16.6. The number of nitrogens with zero attached hydrogens (tertiary/aromatic N) is 4. The Morgan fingerprint density at radius 3 is 2.48 bits per heavy atom. The zero-order valence-corrected chi connectivity index (χ0v) is 19.0. The second kappa shape index (κ2) is 12.3. The maximum absolute atomic E-state index is 4.36. The van der Waals surface area contributed by atoms with Crippen molar-refractivity contribution in [2.45, 2.75) is 32.2 Å². The molecular weight excluding hydrogens is 427 g/mol. The number of aliphatic imine (C=N–C) groups is 1. The molecule has 2 N–H and O–H groups in total. The number of nitrogens with one attached hydrogen (secondary N) is 2. The van der Waals surface area contributed by atoms with E-state index in [1.54, 1.807) is 0 Å². The minimum absolute atomic E-state index is 0. The topological polar surface area (TPSA) is 46.1 Å². The third-order valence-corrected chi connectivity index (χ3v) is 5.53. The van der Waals surface area contributed by atoms with Gasteiger partial charge in [-0.15, -0.1) is 24.0 Å². The van der Waals surface area contributed by atoms with Crippen molar-refractivity contribution in [2.24, 2.45) is 10.9 Å². The van der Waals surface area contributed by atoms with Gasteiger partial charge in [0.05, 0.1) is 0 Å². The van der Waals surface area contributed by atoms with E-state index >= 15 is 0 Å². The summed E-state index contributed by atoms with van der Waals surface area (Å²) in [5.41, 5.74) is 0. The molecule has 0 saturated carbocycles. The van der Waals surface area contributed by atoms with Gasteiger partial charge in [-0.05, 0) is 58.9 Å². The first-order valence-corrected chi connectivity index (χ1v) is 9.64. The molecule has 0 bridgehead atoms. The van der Waals surface area contributed by atoms with E-state index in [-0.39, 0.29) is 24.0 Å². The molecular formula is C18H39IN6. The van der Waals surface area contributed by atoms with Crippen molar-refractivity contribution >= 4 is 29.9 Å². The summed E-state index contributed by atoms with van der Waals surface area (Å²) in [5.74, 6) is 1.85. The normalized spacial score (nSPS) is 24.8. The number of rotatable bonds is 6. The summed E-state index contributed by atoms with van der Waals surface area (Å²) in [4.78, 5) is 11.8. The predicted molar refractivity (Wildman–Crippen MR) is 118 cm³/mol. The van der Waals surface area contributed by atoms with Crippen molar-refractivity contribution in [3.05, 3.63) is 0 Å². The van der Waals surface area contributed by atoms with E-state index in [1.807, 2.05) is 7.05 Å². The number of hydrogen-bond donors (Lipinski definition) is 2. The fourth-order valence-electron chi connectivity index (χ4n) is 3.55. The highest BCUT2D eigenvalue weighted by Crippen LogP contribution is 2.15.